The summed E-state index contributed by atoms with van der Waals surface area (Å²) in [5.41, 5.74) is 1.93. The summed E-state index contributed by atoms with van der Waals surface area (Å²) in [5.74, 6) is 2.31. The van der Waals surface area contributed by atoms with E-state index in [0.717, 1.165) is 29.5 Å². The Morgan fingerprint density at radius 3 is 3.00 bits per heavy atom. The standard InChI is InChI=1S/C13H16ClN3/c14-9-12-16-11-5-2-7-15-13(11)17(12)8-6-10-3-1-4-10/h2,5,7,10H,1,3-4,6,8-9H2. The van der Waals surface area contributed by atoms with E-state index >= 15 is 0 Å². The van der Waals surface area contributed by atoms with Crippen LogP contribution in [-0.4, -0.2) is 14.5 Å². The largest absolute Gasteiger partial charge is 0.312 e. The number of pyridine rings is 1. The van der Waals surface area contributed by atoms with E-state index in [2.05, 4.69) is 14.5 Å². The van der Waals surface area contributed by atoms with E-state index in [0.29, 0.717) is 5.88 Å². The van der Waals surface area contributed by atoms with Crippen molar-refractivity contribution in [2.45, 2.75) is 38.1 Å². The van der Waals surface area contributed by atoms with Gasteiger partial charge in [-0.25, -0.2) is 9.97 Å². The fourth-order valence-corrected chi connectivity index (χ4v) is 2.64. The SMILES string of the molecule is ClCc1nc2cccnc2n1CCC1CCC1. The van der Waals surface area contributed by atoms with Crippen molar-refractivity contribution in [3.05, 3.63) is 24.2 Å². The Kier molecular flexibility index (Phi) is 3.02. The van der Waals surface area contributed by atoms with E-state index in [4.69, 9.17) is 11.6 Å². The van der Waals surface area contributed by atoms with Crippen molar-refractivity contribution in [3.8, 4) is 0 Å². The summed E-state index contributed by atoms with van der Waals surface area (Å²) in [4.78, 5) is 8.93. The highest BCUT2D eigenvalue weighted by atomic mass is 35.5. The first-order chi connectivity index (χ1) is 8.38. The second-order valence-corrected chi connectivity index (χ2v) is 5.01. The van der Waals surface area contributed by atoms with Crippen LogP contribution in [0.4, 0.5) is 0 Å². The van der Waals surface area contributed by atoms with Crippen LogP contribution in [0.1, 0.15) is 31.5 Å². The predicted molar refractivity (Wildman–Crippen MR) is 69.0 cm³/mol. The maximum atomic E-state index is 5.96. The van der Waals surface area contributed by atoms with Gasteiger partial charge in [-0.15, -0.1) is 11.6 Å². The normalized spacial score (nSPS) is 16.3. The van der Waals surface area contributed by atoms with Crippen LogP contribution in [0.5, 0.6) is 0 Å². The Labute approximate surface area is 106 Å². The Balaban J connectivity index is 1.88. The Bertz CT molecular complexity index is 516. The fourth-order valence-electron chi connectivity index (χ4n) is 2.44. The average molecular weight is 250 g/mol. The van der Waals surface area contributed by atoms with Crippen molar-refractivity contribution < 1.29 is 0 Å². The molecule has 0 N–H and O–H groups in total. The van der Waals surface area contributed by atoms with E-state index < -0.39 is 0 Å². The van der Waals surface area contributed by atoms with Crippen molar-refractivity contribution >= 4 is 22.8 Å². The number of hydrogen-bond donors (Lipinski definition) is 0. The number of aromatic nitrogens is 3. The summed E-state index contributed by atoms with van der Waals surface area (Å²) < 4.78 is 2.18. The minimum atomic E-state index is 0.459. The third-order valence-corrected chi connectivity index (χ3v) is 3.93. The van der Waals surface area contributed by atoms with Gasteiger partial charge in [0.25, 0.3) is 0 Å². The van der Waals surface area contributed by atoms with E-state index in [9.17, 15) is 0 Å². The van der Waals surface area contributed by atoms with Crippen LogP contribution < -0.4 is 0 Å². The van der Waals surface area contributed by atoms with Crippen LogP contribution in [0.3, 0.4) is 0 Å². The molecule has 2 aromatic heterocycles. The highest BCUT2D eigenvalue weighted by molar-refractivity contribution is 6.16. The zero-order chi connectivity index (χ0) is 11.7. The van der Waals surface area contributed by atoms with E-state index in [1.54, 1.807) is 0 Å². The monoisotopic (exact) mass is 249 g/mol. The number of aryl methyl sites for hydroxylation is 1. The summed E-state index contributed by atoms with van der Waals surface area (Å²) in [6, 6.07) is 3.92. The highest BCUT2D eigenvalue weighted by Crippen LogP contribution is 2.30. The number of rotatable bonds is 4. The quantitative estimate of drug-likeness (QED) is 0.778. The summed E-state index contributed by atoms with van der Waals surface area (Å²) >= 11 is 5.96. The molecule has 90 valence electrons. The molecule has 0 unspecified atom stereocenters. The van der Waals surface area contributed by atoms with Gasteiger partial charge in [0.05, 0.1) is 5.88 Å². The molecule has 2 aromatic rings. The summed E-state index contributed by atoms with van der Waals surface area (Å²) in [5, 5.41) is 0. The van der Waals surface area contributed by atoms with Gasteiger partial charge in [-0.3, -0.25) is 0 Å². The molecule has 0 radical (unpaired) electrons. The van der Waals surface area contributed by atoms with Gasteiger partial charge in [-0.2, -0.15) is 0 Å². The first-order valence-electron chi connectivity index (χ1n) is 6.24. The molecule has 0 aromatic carbocycles. The van der Waals surface area contributed by atoms with Crippen LogP contribution in [0.25, 0.3) is 11.2 Å². The van der Waals surface area contributed by atoms with E-state index in [1.165, 1.54) is 25.7 Å². The molecular formula is C13H16ClN3. The van der Waals surface area contributed by atoms with Crippen LogP contribution in [0.2, 0.25) is 0 Å². The van der Waals surface area contributed by atoms with Crippen molar-refractivity contribution in [1.29, 1.82) is 0 Å². The molecule has 1 aliphatic rings. The lowest BCUT2D eigenvalue weighted by atomic mass is 9.83. The van der Waals surface area contributed by atoms with Crippen molar-refractivity contribution in [1.82, 2.24) is 14.5 Å². The van der Waals surface area contributed by atoms with Crippen LogP contribution in [0, 0.1) is 5.92 Å². The minimum absolute atomic E-state index is 0.459. The lowest BCUT2D eigenvalue weighted by Crippen LogP contribution is -2.15. The zero-order valence-corrected chi connectivity index (χ0v) is 10.5. The zero-order valence-electron chi connectivity index (χ0n) is 9.77. The summed E-state index contributed by atoms with van der Waals surface area (Å²) in [6.07, 6.45) is 7.22. The van der Waals surface area contributed by atoms with Gasteiger partial charge in [0.1, 0.15) is 11.3 Å². The number of alkyl halides is 1. The molecule has 0 saturated heterocycles. The van der Waals surface area contributed by atoms with Gasteiger partial charge < -0.3 is 4.57 Å². The highest BCUT2D eigenvalue weighted by Gasteiger charge is 2.18. The fraction of sp³-hybridized carbons (Fsp3) is 0.538. The Morgan fingerprint density at radius 1 is 1.41 bits per heavy atom. The van der Waals surface area contributed by atoms with Crippen molar-refractivity contribution in [2.75, 3.05) is 0 Å². The maximum Gasteiger partial charge on any atom is 0.160 e. The third kappa shape index (κ3) is 2.04. The van der Waals surface area contributed by atoms with Crippen molar-refractivity contribution in [2.24, 2.45) is 5.92 Å². The number of fused-ring (bicyclic) bond motifs is 1. The average Bonchev–Trinajstić information content (AvgIpc) is 2.66. The first kappa shape index (κ1) is 11.0. The van der Waals surface area contributed by atoms with Gasteiger partial charge in [0.2, 0.25) is 0 Å². The molecule has 2 heterocycles. The van der Waals surface area contributed by atoms with Gasteiger partial charge in [0, 0.05) is 12.7 Å². The molecule has 17 heavy (non-hydrogen) atoms. The second kappa shape index (κ2) is 4.65. The Morgan fingerprint density at radius 2 is 2.29 bits per heavy atom. The summed E-state index contributed by atoms with van der Waals surface area (Å²) in [6.45, 7) is 1.00. The van der Waals surface area contributed by atoms with Gasteiger partial charge in [-0.1, -0.05) is 19.3 Å². The maximum absolute atomic E-state index is 5.96. The topological polar surface area (TPSA) is 30.7 Å². The number of halogens is 1. The summed E-state index contributed by atoms with van der Waals surface area (Å²) in [7, 11) is 0. The van der Waals surface area contributed by atoms with Crippen LogP contribution >= 0.6 is 11.6 Å². The smallest absolute Gasteiger partial charge is 0.160 e. The molecule has 0 amide bonds. The number of hydrogen-bond acceptors (Lipinski definition) is 2. The molecule has 0 aliphatic heterocycles. The van der Waals surface area contributed by atoms with E-state index in [-0.39, 0.29) is 0 Å². The molecule has 3 nitrogen and oxygen atoms in total. The van der Waals surface area contributed by atoms with Crippen molar-refractivity contribution in [3.63, 3.8) is 0 Å². The lowest BCUT2D eigenvalue weighted by Gasteiger charge is -2.25. The predicted octanol–water partition coefficient (Wildman–Crippen LogP) is 3.36. The Hall–Kier alpha value is -1.09. The molecule has 0 spiro atoms. The lowest BCUT2D eigenvalue weighted by molar-refractivity contribution is 0.282. The van der Waals surface area contributed by atoms with Gasteiger partial charge in [0.15, 0.2) is 5.65 Å². The van der Waals surface area contributed by atoms with Gasteiger partial charge >= 0.3 is 0 Å². The minimum Gasteiger partial charge on any atom is -0.312 e. The molecule has 0 bridgehead atoms. The molecule has 1 saturated carbocycles. The molecule has 1 aliphatic carbocycles. The number of imidazole rings is 1. The number of nitrogens with zero attached hydrogens (tertiary/aromatic N) is 3. The molecule has 0 atom stereocenters. The third-order valence-electron chi connectivity index (χ3n) is 3.69. The van der Waals surface area contributed by atoms with E-state index in [1.807, 2.05) is 18.3 Å². The van der Waals surface area contributed by atoms with Crippen LogP contribution in [0.15, 0.2) is 18.3 Å². The molecule has 3 rings (SSSR count). The second-order valence-electron chi connectivity index (χ2n) is 4.75. The molecular weight excluding hydrogens is 234 g/mol. The molecule has 4 heteroatoms. The van der Waals surface area contributed by atoms with Crippen LogP contribution in [-0.2, 0) is 12.4 Å². The van der Waals surface area contributed by atoms with Gasteiger partial charge in [-0.05, 0) is 24.5 Å². The molecule has 1 fully saturated rings. The first-order valence-corrected chi connectivity index (χ1v) is 6.78.